The van der Waals surface area contributed by atoms with Gasteiger partial charge in [0, 0.05) is 42.7 Å². The zero-order chi connectivity index (χ0) is 21.2. The highest BCUT2D eigenvalue weighted by atomic mass is 16.2. The number of nitrogens with zero attached hydrogens (tertiary/aromatic N) is 4. The van der Waals surface area contributed by atoms with Crippen LogP contribution in [0.15, 0.2) is 67.1 Å². The molecule has 5 rings (SSSR count). The average Bonchev–Trinajstić information content (AvgIpc) is 3.53. The minimum atomic E-state index is 0.258. The van der Waals surface area contributed by atoms with Gasteiger partial charge in [0.05, 0.1) is 17.9 Å². The molecule has 0 saturated carbocycles. The fraction of sp³-hybridized carbons (Fsp3) is 0.320. The molecule has 0 radical (unpaired) electrons. The van der Waals surface area contributed by atoms with Gasteiger partial charge >= 0.3 is 0 Å². The third kappa shape index (κ3) is 4.10. The van der Waals surface area contributed by atoms with Crippen LogP contribution in [0, 0.1) is 5.92 Å². The first-order chi connectivity index (χ1) is 15.2. The van der Waals surface area contributed by atoms with E-state index in [9.17, 15) is 4.79 Å². The van der Waals surface area contributed by atoms with E-state index in [0.717, 1.165) is 48.0 Å². The monoisotopic (exact) mass is 413 g/mol. The van der Waals surface area contributed by atoms with Gasteiger partial charge < -0.3 is 4.90 Å². The van der Waals surface area contributed by atoms with Crippen LogP contribution in [0.1, 0.15) is 25.3 Å². The van der Waals surface area contributed by atoms with Crippen molar-refractivity contribution in [1.82, 2.24) is 24.9 Å². The van der Waals surface area contributed by atoms with Crippen molar-refractivity contribution in [2.45, 2.75) is 38.8 Å². The molecule has 0 bridgehead atoms. The first-order valence-electron chi connectivity index (χ1n) is 11.0. The van der Waals surface area contributed by atoms with Crippen LogP contribution in [0.5, 0.6) is 0 Å². The number of nitrogens with one attached hydrogen (secondary N) is 1. The summed E-state index contributed by atoms with van der Waals surface area (Å²) in [6.07, 6.45) is 8.05. The van der Waals surface area contributed by atoms with Crippen LogP contribution in [-0.4, -0.2) is 43.4 Å². The number of hydrogen-bond donors (Lipinski definition) is 1. The maximum absolute atomic E-state index is 12.8. The molecule has 0 spiro atoms. The van der Waals surface area contributed by atoms with Crippen LogP contribution in [0.25, 0.3) is 22.0 Å². The highest BCUT2D eigenvalue weighted by Gasteiger charge is 2.32. The van der Waals surface area contributed by atoms with Gasteiger partial charge in [-0.2, -0.15) is 10.2 Å². The quantitative estimate of drug-likeness (QED) is 0.513. The largest absolute Gasteiger partial charge is 0.340 e. The second kappa shape index (κ2) is 8.38. The lowest BCUT2D eigenvalue weighted by atomic mass is 10.1. The zero-order valence-corrected chi connectivity index (χ0v) is 17.7. The van der Waals surface area contributed by atoms with E-state index >= 15 is 0 Å². The normalized spacial score (nSPS) is 18.7. The lowest BCUT2D eigenvalue weighted by Crippen LogP contribution is -2.34. The first kappa shape index (κ1) is 19.5. The molecule has 4 aromatic rings. The van der Waals surface area contributed by atoms with Crippen molar-refractivity contribution in [2.24, 2.45) is 5.92 Å². The highest BCUT2D eigenvalue weighted by Crippen LogP contribution is 2.28. The summed E-state index contributed by atoms with van der Waals surface area (Å²) in [5.41, 5.74) is 4.56. The van der Waals surface area contributed by atoms with Gasteiger partial charge in [0.2, 0.25) is 5.91 Å². The third-order valence-electron chi connectivity index (χ3n) is 6.36. The summed E-state index contributed by atoms with van der Waals surface area (Å²) in [6.45, 7) is 3.81. The van der Waals surface area contributed by atoms with Gasteiger partial charge in [0.15, 0.2) is 0 Å². The number of carbonyl (C=O) groups is 1. The van der Waals surface area contributed by atoms with Gasteiger partial charge in [0.25, 0.3) is 0 Å². The van der Waals surface area contributed by atoms with E-state index in [1.54, 1.807) is 0 Å². The molecule has 2 atom stereocenters. The molecule has 1 fully saturated rings. The Balaban J connectivity index is 1.23. The van der Waals surface area contributed by atoms with Crippen LogP contribution in [0.2, 0.25) is 0 Å². The molecule has 2 aromatic heterocycles. The Morgan fingerprint density at radius 2 is 2.00 bits per heavy atom. The Bertz CT molecular complexity index is 1170. The Morgan fingerprint density at radius 1 is 1.13 bits per heavy atom. The van der Waals surface area contributed by atoms with Crippen LogP contribution in [-0.2, 0) is 17.8 Å². The predicted molar refractivity (Wildman–Crippen MR) is 121 cm³/mol. The third-order valence-corrected chi connectivity index (χ3v) is 6.36. The summed E-state index contributed by atoms with van der Waals surface area (Å²) in [5.74, 6) is 0.682. The highest BCUT2D eigenvalue weighted by molar-refractivity contribution is 5.84. The van der Waals surface area contributed by atoms with Gasteiger partial charge in [-0.1, -0.05) is 36.4 Å². The molecule has 0 unspecified atom stereocenters. The standard InChI is InChI=1S/C25H27N5O/c1-18-11-20(16-29(18)25(31)10-7-19-5-3-2-4-6-19)17-30-24-9-8-21(12-22(24)15-28-30)23-13-26-27-14-23/h2-6,8-9,12-15,18,20H,7,10-11,16-17H2,1H3,(H,26,27)/t18-,20+/m1/s1. The SMILES string of the molecule is C[C@@H]1C[C@H](Cn2ncc3cc(-c4cn[nH]c4)ccc32)CN1C(=O)CCc1ccccc1. The molecule has 3 heterocycles. The maximum Gasteiger partial charge on any atom is 0.223 e. The average molecular weight is 414 g/mol. The summed E-state index contributed by atoms with van der Waals surface area (Å²) >= 11 is 0. The van der Waals surface area contributed by atoms with Gasteiger partial charge in [-0.3, -0.25) is 14.6 Å². The molecule has 1 aliphatic rings. The molecular weight excluding hydrogens is 386 g/mol. The molecule has 31 heavy (non-hydrogen) atoms. The van der Waals surface area contributed by atoms with Crippen molar-refractivity contribution in [3.05, 3.63) is 72.7 Å². The molecule has 2 aromatic carbocycles. The van der Waals surface area contributed by atoms with Crippen molar-refractivity contribution in [2.75, 3.05) is 6.54 Å². The van der Waals surface area contributed by atoms with E-state index in [2.05, 4.69) is 62.1 Å². The number of aromatic amines is 1. The topological polar surface area (TPSA) is 66.8 Å². The number of likely N-dealkylation sites (tertiary alicyclic amines) is 1. The maximum atomic E-state index is 12.8. The number of H-pyrrole nitrogens is 1. The van der Waals surface area contributed by atoms with Crippen molar-refractivity contribution < 1.29 is 4.79 Å². The molecule has 1 N–H and O–H groups in total. The van der Waals surface area contributed by atoms with E-state index in [1.807, 2.05) is 36.8 Å². The smallest absolute Gasteiger partial charge is 0.223 e. The molecule has 0 aliphatic carbocycles. The Morgan fingerprint density at radius 3 is 2.81 bits per heavy atom. The summed E-state index contributed by atoms with van der Waals surface area (Å²) in [5, 5.41) is 12.7. The Hall–Kier alpha value is -3.41. The number of benzene rings is 2. The van der Waals surface area contributed by atoms with Crippen molar-refractivity contribution in [3.63, 3.8) is 0 Å². The Kier molecular flexibility index (Phi) is 5.28. The number of rotatable bonds is 6. The van der Waals surface area contributed by atoms with E-state index in [1.165, 1.54) is 5.56 Å². The lowest BCUT2D eigenvalue weighted by Gasteiger charge is -2.21. The second-order valence-electron chi connectivity index (χ2n) is 8.57. The molecule has 1 aliphatic heterocycles. The number of amides is 1. The van der Waals surface area contributed by atoms with Crippen LogP contribution >= 0.6 is 0 Å². The summed E-state index contributed by atoms with van der Waals surface area (Å²) in [4.78, 5) is 14.9. The molecule has 1 amide bonds. The molecule has 1 saturated heterocycles. The van der Waals surface area contributed by atoms with E-state index in [-0.39, 0.29) is 11.9 Å². The zero-order valence-electron chi connectivity index (χ0n) is 17.7. The van der Waals surface area contributed by atoms with E-state index in [0.29, 0.717) is 12.3 Å². The van der Waals surface area contributed by atoms with Gasteiger partial charge in [0.1, 0.15) is 0 Å². The summed E-state index contributed by atoms with van der Waals surface area (Å²) in [6, 6.07) is 16.9. The Labute approximate surface area is 181 Å². The van der Waals surface area contributed by atoms with Crippen molar-refractivity contribution >= 4 is 16.8 Å². The number of hydrogen-bond acceptors (Lipinski definition) is 3. The first-order valence-corrected chi connectivity index (χ1v) is 11.0. The predicted octanol–water partition coefficient (Wildman–Crippen LogP) is 4.30. The van der Waals surface area contributed by atoms with E-state index in [4.69, 9.17) is 0 Å². The fourth-order valence-corrected chi connectivity index (χ4v) is 4.73. The number of carbonyl (C=O) groups excluding carboxylic acids is 1. The van der Waals surface area contributed by atoms with Crippen molar-refractivity contribution in [1.29, 1.82) is 0 Å². The van der Waals surface area contributed by atoms with Crippen LogP contribution < -0.4 is 0 Å². The minimum absolute atomic E-state index is 0.258. The van der Waals surface area contributed by atoms with Crippen LogP contribution in [0.4, 0.5) is 0 Å². The second-order valence-corrected chi connectivity index (χ2v) is 8.57. The molecule has 6 heteroatoms. The fourth-order valence-electron chi connectivity index (χ4n) is 4.73. The van der Waals surface area contributed by atoms with Gasteiger partial charge in [-0.15, -0.1) is 0 Å². The molecule has 158 valence electrons. The summed E-state index contributed by atoms with van der Waals surface area (Å²) < 4.78 is 2.09. The lowest BCUT2D eigenvalue weighted by molar-refractivity contribution is -0.131. The van der Waals surface area contributed by atoms with Crippen LogP contribution in [0.3, 0.4) is 0 Å². The van der Waals surface area contributed by atoms with Gasteiger partial charge in [-0.25, -0.2) is 0 Å². The number of fused-ring (bicyclic) bond motifs is 1. The number of aryl methyl sites for hydroxylation is 1. The molecular formula is C25H27N5O. The minimum Gasteiger partial charge on any atom is -0.340 e. The van der Waals surface area contributed by atoms with Crippen molar-refractivity contribution in [3.8, 4) is 11.1 Å². The van der Waals surface area contributed by atoms with E-state index < -0.39 is 0 Å². The summed E-state index contributed by atoms with van der Waals surface area (Å²) in [7, 11) is 0. The number of aromatic nitrogens is 4. The molecule has 6 nitrogen and oxygen atoms in total. The van der Waals surface area contributed by atoms with Gasteiger partial charge in [-0.05, 0) is 48.9 Å².